The molecule has 3 rings (SSSR count). The van der Waals surface area contributed by atoms with Crippen LogP contribution in [-0.2, 0) is 4.79 Å². The van der Waals surface area contributed by atoms with Crippen molar-refractivity contribution in [3.8, 4) is 11.8 Å². The van der Waals surface area contributed by atoms with Crippen molar-refractivity contribution in [1.82, 2.24) is 0 Å². The zero-order chi connectivity index (χ0) is 18.4. The number of benzene rings is 2. The summed E-state index contributed by atoms with van der Waals surface area (Å²) in [5.41, 5.74) is 0.400. The summed E-state index contributed by atoms with van der Waals surface area (Å²) in [6.07, 6.45) is 1.39. The molecule has 6 heteroatoms. The first-order chi connectivity index (χ1) is 12.6. The highest BCUT2D eigenvalue weighted by atomic mass is 32.2. The first-order valence-electron chi connectivity index (χ1n) is 7.69. The van der Waals surface area contributed by atoms with Gasteiger partial charge in [0.2, 0.25) is 0 Å². The largest absolute Gasteiger partial charge is 0.508 e. The zero-order valence-corrected chi connectivity index (χ0v) is 14.4. The van der Waals surface area contributed by atoms with E-state index in [2.05, 4.69) is 5.32 Å². The standard InChI is InChI=1S/C20H14N2O3S/c21-13-14(20(24)22-15-6-8-16(23)9-7-15)12-17-10-11-19(25-17)26-18-4-2-1-3-5-18/h1-12,23H,(H,22,24)/b14-12+. The van der Waals surface area contributed by atoms with Crippen molar-refractivity contribution in [2.45, 2.75) is 9.99 Å². The van der Waals surface area contributed by atoms with Crippen molar-refractivity contribution < 1.29 is 14.3 Å². The topological polar surface area (TPSA) is 86.3 Å². The smallest absolute Gasteiger partial charge is 0.266 e. The van der Waals surface area contributed by atoms with Crippen LogP contribution in [0.1, 0.15) is 5.76 Å². The fourth-order valence-electron chi connectivity index (χ4n) is 2.11. The Morgan fingerprint density at radius 2 is 1.81 bits per heavy atom. The molecule has 5 nitrogen and oxygen atoms in total. The first-order valence-corrected chi connectivity index (χ1v) is 8.50. The molecule has 128 valence electrons. The van der Waals surface area contributed by atoms with Gasteiger partial charge in [-0.2, -0.15) is 5.26 Å². The minimum Gasteiger partial charge on any atom is -0.508 e. The van der Waals surface area contributed by atoms with Gasteiger partial charge in [0, 0.05) is 16.7 Å². The van der Waals surface area contributed by atoms with Crippen molar-refractivity contribution in [3.63, 3.8) is 0 Å². The number of hydrogen-bond donors (Lipinski definition) is 2. The lowest BCUT2D eigenvalue weighted by Crippen LogP contribution is -2.13. The Labute approximate surface area is 154 Å². The molecule has 2 N–H and O–H groups in total. The molecule has 0 fully saturated rings. The van der Waals surface area contributed by atoms with Gasteiger partial charge in [0.25, 0.3) is 5.91 Å². The van der Waals surface area contributed by atoms with Crippen LogP contribution >= 0.6 is 11.8 Å². The number of phenols is 1. The second-order valence-corrected chi connectivity index (χ2v) is 6.32. The number of phenolic OH excluding ortho intramolecular Hbond substituents is 1. The quantitative estimate of drug-likeness (QED) is 0.391. The molecule has 0 spiro atoms. The average molecular weight is 362 g/mol. The third kappa shape index (κ3) is 4.56. The van der Waals surface area contributed by atoms with E-state index in [1.165, 1.54) is 30.0 Å². The summed E-state index contributed by atoms with van der Waals surface area (Å²) in [4.78, 5) is 13.3. The second kappa shape index (κ2) is 8.10. The zero-order valence-electron chi connectivity index (χ0n) is 13.5. The minimum atomic E-state index is -0.549. The summed E-state index contributed by atoms with van der Waals surface area (Å²) in [6, 6.07) is 21.1. The van der Waals surface area contributed by atoms with Gasteiger partial charge >= 0.3 is 0 Å². The number of rotatable bonds is 5. The van der Waals surface area contributed by atoms with E-state index in [0.29, 0.717) is 16.5 Å². The van der Waals surface area contributed by atoms with Crippen LogP contribution in [0.2, 0.25) is 0 Å². The van der Waals surface area contributed by atoms with Crippen molar-refractivity contribution in [2.75, 3.05) is 5.32 Å². The molecule has 0 aliphatic rings. The highest BCUT2D eigenvalue weighted by Gasteiger charge is 2.11. The van der Waals surface area contributed by atoms with Crippen molar-refractivity contribution in [3.05, 3.63) is 78.1 Å². The normalized spacial score (nSPS) is 11.0. The van der Waals surface area contributed by atoms with E-state index in [9.17, 15) is 15.2 Å². The number of carbonyl (C=O) groups excluding carboxylic acids is 1. The second-order valence-electron chi connectivity index (χ2n) is 5.24. The van der Waals surface area contributed by atoms with Crippen LogP contribution in [0.25, 0.3) is 6.08 Å². The fourth-order valence-corrected chi connectivity index (χ4v) is 2.91. The maximum Gasteiger partial charge on any atom is 0.266 e. The molecule has 0 bridgehead atoms. The van der Waals surface area contributed by atoms with E-state index in [4.69, 9.17) is 4.42 Å². The van der Waals surface area contributed by atoms with Crippen LogP contribution < -0.4 is 5.32 Å². The Bertz CT molecular complexity index is 970. The third-order valence-corrected chi connectivity index (χ3v) is 4.27. The van der Waals surface area contributed by atoms with Gasteiger partial charge in [0.15, 0.2) is 5.09 Å². The summed E-state index contributed by atoms with van der Waals surface area (Å²) in [5.74, 6) is -0.0363. The Morgan fingerprint density at radius 1 is 1.08 bits per heavy atom. The van der Waals surface area contributed by atoms with Crippen LogP contribution in [0, 0.1) is 11.3 Å². The number of nitriles is 1. The molecule has 0 unspecified atom stereocenters. The first kappa shape index (κ1) is 17.4. The number of nitrogens with zero attached hydrogens (tertiary/aromatic N) is 1. The molecule has 0 aliphatic carbocycles. The molecule has 26 heavy (non-hydrogen) atoms. The average Bonchev–Trinajstić information content (AvgIpc) is 3.09. The van der Waals surface area contributed by atoms with E-state index in [0.717, 1.165) is 4.90 Å². The number of carbonyl (C=O) groups is 1. The van der Waals surface area contributed by atoms with E-state index in [-0.39, 0.29) is 11.3 Å². The Hall–Kier alpha value is -3.43. The number of amides is 1. The van der Waals surface area contributed by atoms with Gasteiger partial charge < -0.3 is 14.8 Å². The molecule has 2 aromatic carbocycles. The molecule has 0 radical (unpaired) electrons. The Kier molecular flexibility index (Phi) is 5.42. The minimum absolute atomic E-state index is 0.0799. The SMILES string of the molecule is N#C/C(=C\c1ccc(Sc2ccccc2)o1)C(=O)Nc1ccc(O)cc1. The van der Waals surface area contributed by atoms with Crippen LogP contribution in [0.3, 0.4) is 0 Å². The van der Waals surface area contributed by atoms with Gasteiger partial charge in [-0.1, -0.05) is 30.0 Å². The maximum absolute atomic E-state index is 12.2. The highest BCUT2D eigenvalue weighted by molar-refractivity contribution is 7.99. The molecule has 0 atom stereocenters. The Balaban J connectivity index is 1.71. The fraction of sp³-hybridized carbons (Fsp3) is 0. The van der Waals surface area contributed by atoms with Crippen molar-refractivity contribution in [1.29, 1.82) is 5.26 Å². The lowest BCUT2D eigenvalue weighted by molar-refractivity contribution is -0.112. The molecule has 0 aliphatic heterocycles. The van der Waals surface area contributed by atoms with Crippen LogP contribution in [0.15, 0.2) is 86.7 Å². The van der Waals surface area contributed by atoms with Crippen LogP contribution in [0.4, 0.5) is 5.69 Å². The molecule has 1 amide bonds. The van der Waals surface area contributed by atoms with Crippen molar-refractivity contribution in [2.24, 2.45) is 0 Å². The van der Waals surface area contributed by atoms with E-state index >= 15 is 0 Å². The summed E-state index contributed by atoms with van der Waals surface area (Å²) >= 11 is 1.45. The summed E-state index contributed by atoms with van der Waals surface area (Å²) < 4.78 is 5.66. The molecule has 1 heterocycles. The number of anilines is 1. The van der Waals surface area contributed by atoms with E-state index in [1.54, 1.807) is 24.3 Å². The number of aromatic hydroxyl groups is 1. The lowest BCUT2D eigenvalue weighted by Gasteiger charge is -2.03. The van der Waals surface area contributed by atoms with Gasteiger partial charge in [-0.3, -0.25) is 4.79 Å². The summed E-state index contributed by atoms with van der Waals surface area (Å²) in [6.45, 7) is 0. The molecular weight excluding hydrogens is 348 g/mol. The molecule has 0 saturated heterocycles. The van der Waals surface area contributed by atoms with Gasteiger partial charge in [0.1, 0.15) is 23.2 Å². The highest BCUT2D eigenvalue weighted by Crippen LogP contribution is 2.29. The van der Waals surface area contributed by atoms with E-state index in [1.807, 2.05) is 36.4 Å². The van der Waals surface area contributed by atoms with Gasteiger partial charge in [-0.25, -0.2) is 0 Å². The monoisotopic (exact) mass is 362 g/mol. The number of nitrogens with one attached hydrogen (secondary N) is 1. The maximum atomic E-state index is 12.2. The summed E-state index contributed by atoms with van der Waals surface area (Å²) in [7, 11) is 0. The van der Waals surface area contributed by atoms with Gasteiger partial charge in [0.05, 0.1) is 0 Å². The van der Waals surface area contributed by atoms with Crippen LogP contribution in [0.5, 0.6) is 5.75 Å². The predicted octanol–water partition coefficient (Wildman–Crippen LogP) is 4.68. The third-order valence-electron chi connectivity index (χ3n) is 3.34. The molecule has 3 aromatic rings. The summed E-state index contributed by atoms with van der Waals surface area (Å²) in [5, 5.41) is 21.8. The number of furan rings is 1. The molecule has 0 saturated carbocycles. The number of hydrogen-bond acceptors (Lipinski definition) is 5. The van der Waals surface area contributed by atoms with Crippen molar-refractivity contribution >= 4 is 29.4 Å². The van der Waals surface area contributed by atoms with Gasteiger partial charge in [-0.05, 0) is 48.5 Å². The molecule has 1 aromatic heterocycles. The van der Waals surface area contributed by atoms with E-state index < -0.39 is 5.91 Å². The van der Waals surface area contributed by atoms with Crippen LogP contribution in [-0.4, -0.2) is 11.0 Å². The molecular formula is C20H14N2O3S. The lowest BCUT2D eigenvalue weighted by atomic mass is 10.2. The van der Waals surface area contributed by atoms with Gasteiger partial charge in [-0.15, -0.1) is 0 Å². The Morgan fingerprint density at radius 3 is 2.50 bits per heavy atom. The predicted molar refractivity (Wildman–Crippen MR) is 99.6 cm³/mol.